The monoisotopic (exact) mass is 235 g/mol. The van der Waals surface area contributed by atoms with E-state index < -0.39 is 0 Å². The summed E-state index contributed by atoms with van der Waals surface area (Å²) < 4.78 is 1.92. The zero-order valence-electron chi connectivity index (χ0n) is 10.8. The molecule has 1 fully saturated rings. The van der Waals surface area contributed by atoms with E-state index in [2.05, 4.69) is 37.4 Å². The van der Waals surface area contributed by atoms with Crippen LogP contribution in [0.5, 0.6) is 0 Å². The lowest BCUT2D eigenvalue weighted by molar-refractivity contribution is -0.119. The first-order valence-corrected chi connectivity index (χ1v) is 6.41. The molecule has 0 aliphatic carbocycles. The lowest BCUT2D eigenvalue weighted by Crippen LogP contribution is -2.29. The number of aromatic nitrogens is 2. The number of carbonyl (C=O) groups excluding carboxylic acids is 1. The van der Waals surface area contributed by atoms with Crippen LogP contribution in [-0.4, -0.2) is 21.7 Å². The maximum Gasteiger partial charge on any atom is 0.220 e. The summed E-state index contributed by atoms with van der Waals surface area (Å²) in [6.07, 6.45) is 5.61. The Kier molecular flexibility index (Phi) is 3.50. The first-order valence-electron chi connectivity index (χ1n) is 6.41. The summed E-state index contributed by atoms with van der Waals surface area (Å²) in [5, 5.41) is 7.38. The molecule has 1 amide bonds. The summed E-state index contributed by atoms with van der Waals surface area (Å²) in [4.78, 5) is 11.6. The van der Waals surface area contributed by atoms with Crippen LogP contribution in [0.2, 0.25) is 0 Å². The van der Waals surface area contributed by atoms with Gasteiger partial charge in [0.1, 0.15) is 0 Å². The van der Waals surface area contributed by atoms with E-state index in [0.29, 0.717) is 18.3 Å². The molecule has 1 aromatic rings. The van der Waals surface area contributed by atoms with Crippen molar-refractivity contribution < 1.29 is 4.79 Å². The van der Waals surface area contributed by atoms with Crippen molar-refractivity contribution >= 4 is 5.91 Å². The van der Waals surface area contributed by atoms with Crippen molar-refractivity contribution in [3.63, 3.8) is 0 Å². The lowest BCUT2D eigenvalue weighted by Gasteiger charge is -2.19. The smallest absolute Gasteiger partial charge is 0.220 e. The molecular formula is C13H21N3O. The number of amides is 1. The molecule has 1 aromatic heterocycles. The molecule has 94 valence electrons. The molecule has 0 radical (unpaired) electrons. The van der Waals surface area contributed by atoms with E-state index in [1.807, 2.05) is 10.9 Å². The van der Waals surface area contributed by atoms with E-state index in [0.717, 1.165) is 13.0 Å². The third kappa shape index (κ3) is 2.68. The largest absolute Gasteiger partial charge is 0.353 e. The minimum atomic E-state index is 0.171. The molecule has 2 heterocycles. The van der Waals surface area contributed by atoms with Crippen LogP contribution in [0.15, 0.2) is 12.4 Å². The molecule has 0 bridgehead atoms. The molecular weight excluding hydrogens is 214 g/mol. The maximum atomic E-state index is 11.6. The second-order valence-corrected chi connectivity index (χ2v) is 5.24. The van der Waals surface area contributed by atoms with E-state index in [1.54, 1.807) is 0 Å². The molecule has 2 unspecified atom stereocenters. The normalized spacial score (nSPS) is 24.4. The van der Waals surface area contributed by atoms with Gasteiger partial charge in [-0.3, -0.25) is 9.48 Å². The molecule has 4 nitrogen and oxygen atoms in total. The fourth-order valence-corrected chi connectivity index (χ4v) is 2.53. The molecule has 1 aliphatic rings. The number of aryl methyl sites for hydroxylation is 1. The van der Waals surface area contributed by atoms with Gasteiger partial charge in [0.05, 0.1) is 6.20 Å². The zero-order valence-corrected chi connectivity index (χ0v) is 10.8. The summed E-state index contributed by atoms with van der Waals surface area (Å²) >= 11 is 0. The van der Waals surface area contributed by atoms with Crippen molar-refractivity contribution in [1.82, 2.24) is 15.1 Å². The molecule has 0 aromatic carbocycles. The Morgan fingerprint density at radius 2 is 2.35 bits per heavy atom. The minimum Gasteiger partial charge on any atom is -0.353 e. The standard InChI is InChI=1S/C13H21N3O/c1-4-16-8-10(7-14-16)11-6-13(17)15-12(11)5-9(2)3/h7-9,11-12H,4-6H2,1-3H3,(H,15,17). The van der Waals surface area contributed by atoms with Crippen molar-refractivity contribution in [1.29, 1.82) is 0 Å². The number of rotatable bonds is 4. The Morgan fingerprint density at radius 3 is 2.94 bits per heavy atom. The van der Waals surface area contributed by atoms with Gasteiger partial charge in [-0.2, -0.15) is 5.10 Å². The summed E-state index contributed by atoms with van der Waals surface area (Å²) in [5.74, 6) is 1.07. The van der Waals surface area contributed by atoms with Gasteiger partial charge in [-0.15, -0.1) is 0 Å². The first-order chi connectivity index (χ1) is 8.10. The van der Waals surface area contributed by atoms with Crippen LogP contribution < -0.4 is 5.32 Å². The predicted octanol–water partition coefficient (Wildman–Crippen LogP) is 1.92. The Bertz CT molecular complexity index is 397. The summed E-state index contributed by atoms with van der Waals surface area (Å²) in [7, 11) is 0. The average molecular weight is 235 g/mol. The topological polar surface area (TPSA) is 46.9 Å². The lowest BCUT2D eigenvalue weighted by atomic mass is 9.89. The Hall–Kier alpha value is -1.32. The van der Waals surface area contributed by atoms with Crippen molar-refractivity contribution in [2.24, 2.45) is 5.92 Å². The molecule has 0 saturated carbocycles. The average Bonchev–Trinajstić information content (AvgIpc) is 2.83. The van der Waals surface area contributed by atoms with Crippen molar-refractivity contribution in [2.45, 2.75) is 52.1 Å². The summed E-state index contributed by atoms with van der Waals surface area (Å²) in [6.45, 7) is 7.33. The van der Waals surface area contributed by atoms with Gasteiger partial charge < -0.3 is 5.32 Å². The second kappa shape index (κ2) is 4.90. The van der Waals surface area contributed by atoms with Gasteiger partial charge in [0.25, 0.3) is 0 Å². The SMILES string of the molecule is CCn1cc(C2CC(=O)NC2CC(C)C)cn1. The number of carbonyl (C=O) groups is 1. The highest BCUT2D eigenvalue weighted by atomic mass is 16.2. The fraction of sp³-hybridized carbons (Fsp3) is 0.692. The van der Waals surface area contributed by atoms with E-state index in [4.69, 9.17) is 0 Å². The summed E-state index contributed by atoms with van der Waals surface area (Å²) in [6, 6.07) is 0.275. The van der Waals surface area contributed by atoms with Crippen LogP contribution in [0.25, 0.3) is 0 Å². The first kappa shape index (κ1) is 12.1. The quantitative estimate of drug-likeness (QED) is 0.866. The number of hydrogen-bond donors (Lipinski definition) is 1. The minimum absolute atomic E-state index is 0.171. The molecule has 1 N–H and O–H groups in total. The van der Waals surface area contributed by atoms with Gasteiger partial charge in [-0.1, -0.05) is 13.8 Å². The Balaban J connectivity index is 2.14. The van der Waals surface area contributed by atoms with E-state index in [9.17, 15) is 4.79 Å². The highest BCUT2D eigenvalue weighted by Gasteiger charge is 2.34. The van der Waals surface area contributed by atoms with Crippen LogP contribution in [0.3, 0.4) is 0 Å². The third-order valence-electron chi connectivity index (χ3n) is 3.37. The predicted molar refractivity (Wildman–Crippen MR) is 66.6 cm³/mol. The number of nitrogens with one attached hydrogen (secondary N) is 1. The third-order valence-corrected chi connectivity index (χ3v) is 3.37. The second-order valence-electron chi connectivity index (χ2n) is 5.24. The van der Waals surface area contributed by atoms with Crippen molar-refractivity contribution in [3.05, 3.63) is 18.0 Å². The Labute approximate surface area is 102 Å². The number of hydrogen-bond acceptors (Lipinski definition) is 2. The zero-order chi connectivity index (χ0) is 12.4. The molecule has 4 heteroatoms. The van der Waals surface area contributed by atoms with Gasteiger partial charge in [-0.05, 0) is 24.8 Å². The molecule has 2 rings (SSSR count). The maximum absolute atomic E-state index is 11.6. The van der Waals surface area contributed by atoms with E-state index in [1.165, 1.54) is 5.56 Å². The Morgan fingerprint density at radius 1 is 1.59 bits per heavy atom. The van der Waals surface area contributed by atoms with Crippen molar-refractivity contribution in [3.8, 4) is 0 Å². The van der Waals surface area contributed by atoms with Gasteiger partial charge in [0.2, 0.25) is 5.91 Å². The highest BCUT2D eigenvalue weighted by molar-refractivity contribution is 5.80. The van der Waals surface area contributed by atoms with E-state index in [-0.39, 0.29) is 11.9 Å². The van der Waals surface area contributed by atoms with Crippen LogP contribution in [0, 0.1) is 5.92 Å². The summed E-state index contributed by atoms with van der Waals surface area (Å²) in [5.41, 5.74) is 1.19. The molecule has 17 heavy (non-hydrogen) atoms. The molecule has 2 atom stereocenters. The molecule has 1 saturated heterocycles. The van der Waals surface area contributed by atoms with Gasteiger partial charge >= 0.3 is 0 Å². The molecule has 0 spiro atoms. The molecule has 1 aliphatic heterocycles. The van der Waals surface area contributed by atoms with Crippen LogP contribution in [-0.2, 0) is 11.3 Å². The van der Waals surface area contributed by atoms with Gasteiger partial charge in [-0.25, -0.2) is 0 Å². The van der Waals surface area contributed by atoms with Crippen LogP contribution >= 0.6 is 0 Å². The van der Waals surface area contributed by atoms with Crippen LogP contribution in [0.1, 0.15) is 45.1 Å². The highest BCUT2D eigenvalue weighted by Crippen LogP contribution is 2.31. The fourth-order valence-electron chi connectivity index (χ4n) is 2.53. The van der Waals surface area contributed by atoms with Crippen LogP contribution in [0.4, 0.5) is 0 Å². The number of nitrogens with zero attached hydrogens (tertiary/aromatic N) is 2. The van der Waals surface area contributed by atoms with Crippen molar-refractivity contribution in [2.75, 3.05) is 0 Å². The van der Waals surface area contributed by atoms with Gasteiger partial charge in [0, 0.05) is 31.1 Å². The van der Waals surface area contributed by atoms with E-state index >= 15 is 0 Å². The van der Waals surface area contributed by atoms with Gasteiger partial charge in [0.15, 0.2) is 0 Å².